The molecule has 1 rings (SSSR count). The summed E-state index contributed by atoms with van der Waals surface area (Å²) >= 11 is 0. The predicted octanol–water partition coefficient (Wildman–Crippen LogP) is 0.566. The number of nitrogens with one attached hydrogen (secondary N) is 1. The third-order valence-corrected chi connectivity index (χ3v) is 2.56. The number of esters is 1. The van der Waals surface area contributed by atoms with Crippen molar-refractivity contribution in [2.45, 2.75) is 6.92 Å². The fraction of sp³-hybridized carbons (Fsp3) is 0.357. The van der Waals surface area contributed by atoms with Crippen LogP contribution >= 0.6 is 0 Å². The first-order valence-electron chi connectivity index (χ1n) is 6.13. The number of carbonyl (C=O) groups is 3. The Bertz CT molecular complexity index is 540. The number of ketones is 1. The number of amides is 1. The minimum absolute atomic E-state index is 0.275. The Labute approximate surface area is 122 Å². The molecular formula is C14H17NO6. The lowest BCUT2D eigenvalue weighted by molar-refractivity contribution is -0.142. The second-order valence-electron chi connectivity index (χ2n) is 4.06. The maximum Gasteiger partial charge on any atom is 0.325 e. The van der Waals surface area contributed by atoms with E-state index >= 15 is 0 Å². The van der Waals surface area contributed by atoms with Crippen molar-refractivity contribution in [3.63, 3.8) is 0 Å². The molecular weight excluding hydrogens is 278 g/mol. The van der Waals surface area contributed by atoms with Crippen LogP contribution in [-0.2, 0) is 14.3 Å². The van der Waals surface area contributed by atoms with Gasteiger partial charge in [-0.25, -0.2) is 0 Å². The van der Waals surface area contributed by atoms with Crippen LogP contribution in [0.15, 0.2) is 18.2 Å². The van der Waals surface area contributed by atoms with Crippen LogP contribution in [0.3, 0.4) is 0 Å². The van der Waals surface area contributed by atoms with Gasteiger partial charge in [0.25, 0.3) is 0 Å². The van der Waals surface area contributed by atoms with Crippen molar-refractivity contribution < 1.29 is 28.6 Å². The molecule has 1 N–H and O–H groups in total. The van der Waals surface area contributed by atoms with Crippen LogP contribution in [0.2, 0.25) is 0 Å². The van der Waals surface area contributed by atoms with Gasteiger partial charge in [-0.15, -0.1) is 0 Å². The fourth-order valence-corrected chi connectivity index (χ4v) is 1.50. The van der Waals surface area contributed by atoms with E-state index in [9.17, 15) is 14.4 Å². The first kappa shape index (κ1) is 16.5. The molecule has 0 aliphatic carbocycles. The lowest BCUT2D eigenvalue weighted by Gasteiger charge is -2.10. The summed E-state index contributed by atoms with van der Waals surface area (Å²) in [6.45, 7) is 0.574. The van der Waals surface area contributed by atoms with E-state index in [1.807, 2.05) is 0 Å². The predicted molar refractivity (Wildman–Crippen MR) is 73.5 cm³/mol. The van der Waals surface area contributed by atoms with E-state index in [4.69, 9.17) is 14.2 Å². The highest BCUT2D eigenvalue weighted by atomic mass is 16.5. The Morgan fingerprint density at radius 3 is 2.43 bits per heavy atom. The number of hydrogen-bond donors (Lipinski definition) is 1. The Morgan fingerprint density at radius 2 is 1.86 bits per heavy atom. The molecule has 1 aromatic carbocycles. The summed E-state index contributed by atoms with van der Waals surface area (Å²) in [6.07, 6.45) is 0. The minimum atomic E-state index is -0.689. The summed E-state index contributed by atoms with van der Waals surface area (Å²) < 4.78 is 14.9. The molecule has 0 saturated carbocycles. The number of carbonyl (C=O) groups excluding carboxylic acids is 3. The van der Waals surface area contributed by atoms with Crippen LogP contribution in [0.5, 0.6) is 11.5 Å². The van der Waals surface area contributed by atoms with Crippen LogP contribution in [0.4, 0.5) is 0 Å². The number of ether oxygens (including phenoxy) is 3. The van der Waals surface area contributed by atoms with Gasteiger partial charge in [-0.05, 0) is 12.1 Å². The fourth-order valence-electron chi connectivity index (χ4n) is 1.50. The molecule has 0 heterocycles. The van der Waals surface area contributed by atoms with Gasteiger partial charge in [0.15, 0.2) is 6.61 Å². The summed E-state index contributed by atoms with van der Waals surface area (Å²) in [5, 5.41) is 2.28. The summed E-state index contributed by atoms with van der Waals surface area (Å²) in [5.41, 5.74) is 0.283. The van der Waals surface area contributed by atoms with Gasteiger partial charge < -0.3 is 19.5 Å². The molecule has 1 amide bonds. The molecule has 0 aliphatic heterocycles. The van der Waals surface area contributed by atoms with E-state index < -0.39 is 18.4 Å². The smallest absolute Gasteiger partial charge is 0.325 e. The van der Waals surface area contributed by atoms with Gasteiger partial charge >= 0.3 is 5.97 Å². The molecule has 1 aromatic rings. The molecule has 7 nitrogen and oxygen atoms in total. The Morgan fingerprint density at radius 1 is 1.14 bits per heavy atom. The van der Waals surface area contributed by atoms with E-state index in [1.54, 1.807) is 12.1 Å². The number of benzene rings is 1. The average molecular weight is 295 g/mol. The molecule has 0 unspecified atom stereocenters. The van der Waals surface area contributed by atoms with Gasteiger partial charge in [0, 0.05) is 13.0 Å². The van der Waals surface area contributed by atoms with Crippen LogP contribution in [0.1, 0.15) is 17.3 Å². The maximum absolute atomic E-state index is 12.0. The van der Waals surface area contributed by atoms with Crippen molar-refractivity contribution in [3.8, 4) is 11.5 Å². The maximum atomic E-state index is 12.0. The molecule has 0 atom stereocenters. The lowest BCUT2D eigenvalue weighted by Crippen LogP contribution is -2.29. The van der Waals surface area contributed by atoms with Crippen LogP contribution in [-0.4, -0.2) is 45.0 Å². The third-order valence-electron chi connectivity index (χ3n) is 2.56. The van der Waals surface area contributed by atoms with E-state index in [-0.39, 0.29) is 18.0 Å². The Balaban J connectivity index is 2.63. The number of methoxy groups -OCH3 is 2. The number of hydrogen-bond acceptors (Lipinski definition) is 6. The van der Waals surface area contributed by atoms with Crippen molar-refractivity contribution in [2.75, 3.05) is 27.4 Å². The van der Waals surface area contributed by atoms with Gasteiger partial charge in [-0.1, -0.05) is 0 Å². The molecule has 0 radical (unpaired) electrons. The third kappa shape index (κ3) is 5.13. The molecule has 7 heteroatoms. The second kappa shape index (κ2) is 7.88. The molecule has 0 spiro atoms. The zero-order valence-corrected chi connectivity index (χ0v) is 12.1. The van der Waals surface area contributed by atoms with Crippen LogP contribution in [0, 0.1) is 0 Å². The summed E-state index contributed by atoms with van der Waals surface area (Å²) in [5.74, 6) is -0.574. The van der Waals surface area contributed by atoms with Crippen molar-refractivity contribution in [1.29, 1.82) is 0 Å². The van der Waals surface area contributed by atoms with Crippen molar-refractivity contribution in [2.24, 2.45) is 0 Å². The summed E-state index contributed by atoms with van der Waals surface area (Å²) in [6, 6.07) is 4.70. The normalized spacial score (nSPS) is 9.67. The quantitative estimate of drug-likeness (QED) is 0.584. The van der Waals surface area contributed by atoms with E-state index in [2.05, 4.69) is 5.32 Å². The highest BCUT2D eigenvalue weighted by molar-refractivity contribution is 6.00. The molecule has 21 heavy (non-hydrogen) atoms. The van der Waals surface area contributed by atoms with Gasteiger partial charge in [0.05, 0.1) is 19.8 Å². The van der Waals surface area contributed by atoms with E-state index in [1.165, 1.54) is 27.2 Å². The standard InChI is InChI=1S/C14H17NO6/c1-9(16)15-7-14(18)21-8-12(17)11-5-4-10(19-2)6-13(11)20-3/h4-6H,7-8H2,1-3H3,(H,15,16). The number of rotatable bonds is 7. The van der Waals surface area contributed by atoms with E-state index in [0.29, 0.717) is 11.5 Å². The largest absolute Gasteiger partial charge is 0.497 e. The van der Waals surface area contributed by atoms with Crippen molar-refractivity contribution in [1.82, 2.24) is 5.32 Å². The summed E-state index contributed by atoms with van der Waals surface area (Å²) in [7, 11) is 2.93. The molecule has 0 aliphatic rings. The SMILES string of the molecule is COc1ccc(C(=O)COC(=O)CNC(C)=O)c(OC)c1. The van der Waals surface area contributed by atoms with Crippen LogP contribution < -0.4 is 14.8 Å². The number of Topliss-reactive ketones (excluding diaryl/α,β-unsaturated/α-hetero) is 1. The van der Waals surface area contributed by atoms with Crippen molar-refractivity contribution in [3.05, 3.63) is 23.8 Å². The van der Waals surface area contributed by atoms with Gasteiger partial charge in [-0.3, -0.25) is 14.4 Å². The molecule has 114 valence electrons. The molecule has 0 aromatic heterocycles. The zero-order chi connectivity index (χ0) is 15.8. The zero-order valence-electron chi connectivity index (χ0n) is 12.1. The highest BCUT2D eigenvalue weighted by Crippen LogP contribution is 2.24. The topological polar surface area (TPSA) is 90.9 Å². The van der Waals surface area contributed by atoms with Gasteiger partial charge in [0.1, 0.15) is 18.0 Å². The summed E-state index contributed by atoms with van der Waals surface area (Å²) in [4.78, 5) is 33.9. The van der Waals surface area contributed by atoms with E-state index in [0.717, 1.165) is 0 Å². The van der Waals surface area contributed by atoms with Crippen molar-refractivity contribution >= 4 is 17.7 Å². The minimum Gasteiger partial charge on any atom is -0.497 e. The highest BCUT2D eigenvalue weighted by Gasteiger charge is 2.15. The van der Waals surface area contributed by atoms with Gasteiger partial charge in [-0.2, -0.15) is 0 Å². The monoisotopic (exact) mass is 295 g/mol. The Hall–Kier alpha value is -2.57. The Kier molecular flexibility index (Phi) is 6.19. The average Bonchev–Trinajstić information content (AvgIpc) is 2.49. The first-order valence-corrected chi connectivity index (χ1v) is 6.13. The first-order chi connectivity index (χ1) is 9.97. The lowest BCUT2D eigenvalue weighted by atomic mass is 10.1. The molecule has 0 fully saturated rings. The molecule has 0 saturated heterocycles. The molecule has 0 bridgehead atoms. The second-order valence-corrected chi connectivity index (χ2v) is 4.06. The van der Waals surface area contributed by atoms with Crippen LogP contribution in [0.25, 0.3) is 0 Å². The van der Waals surface area contributed by atoms with Gasteiger partial charge in [0.2, 0.25) is 11.7 Å².